The maximum absolute atomic E-state index is 5.41. The van der Waals surface area contributed by atoms with Gasteiger partial charge in [-0.15, -0.1) is 0 Å². The normalized spacial score (nSPS) is 40.8. The van der Waals surface area contributed by atoms with Crippen molar-refractivity contribution < 1.29 is 4.74 Å². The summed E-state index contributed by atoms with van der Waals surface area (Å²) in [4.78, 5) is 2.78. The van der Waals surface area contributed by atoms with Gasteiger partial charge in [-0.1, -0.05) is 0 Å². The molecule has 0 aromatic carbocycles. The molecule has 22 heavy (non-hydrogen) atoms. The first-order chi connectivity index (χ1) is 10.6. The molecule has 5 heteroatoms. The molecule has 3 heterocycles. The lowest BCUT2D eigenvalue weighted by Gasteiger charge is -2.57. The summed E-state index contributed by atoms with van der Waals surface area (Å²) >= 11 is 2.36. The van der Waals surface area contributed by atoms with Gasteiger partial charge in [0.25, 0.3) is 0 Å². The Bertz CT molecular complexity index is 597. The van der Waals surface area contributed by atoms with Gasteiger partial charge in [-0.05, 0) is 73.6 Å². The number of fused-ring (bicyclic) bond motifs is 1. The molecule has 120 valence electrons. The minimum absolute atomic E-state index is 0.473. The molecule has 0 bridgehead atoms. The average Bonchev–Trinajstić information content (AvgIpc) is 2.80. The molecule has 0 unspecified atom stereocenters. The summed E-state index contributed by atoms with van der Waals surface area (Å²) in [5, 5.41) is 4.71. The van der Waals surface area contributed by atoms with E-state index in [0.29, 0.717) is 11.6 Å². The number of nitrogens with zero attached hydrogens (tertiary/aromatic N) is 3. The number of aromatic nitrogens is 2. The lowest BCUT2D eigenvalue weighted by molar-refractivity contribution is -0.149. The minimum atomic E-state index is 0.473. The van der Waals surface area contributed by atoms with Crippen molar-refractivity contribution in [1.82, 2.24) is 14.7 Å². The highest BCUT2D eigenvalue weighted by Gasteiger charge is 2.67. The highest BCUT2D eigenvalue weighted by molar-refractivity contribution is 14.1. The fourth-order valence-corrected chi connectivity index (χ4v) is 5.96. The molecule has 1 aromatic rings. The van der Waals surface area contributed by atoms with Crippen molar-refractivity contribution in [1.29, 1.82) is 0 Å². The first-order valence-corrected chi connectivity index (χ1v) is 9.76. The number of hydrogen-bond acceptors (Lipinski definition) is 3. The van der Waals surface area contributed by atoms with Crippen molar-refractivity contribution in [2.75, 3.05) is 19.8 Å². The second-order valence-corrected chi connectivity index (χ2v) is 9.16. The summed E-state index contributed by atoms with van der Waals surface area (Å²) in [5.74, 6) is 2.60. The van der Waals surface area contributed by atoms with E-state index in [1.165, 1.54) is 31.5 Å². The number of likely N-dealkylation sites (tertiary alicyclic amines) is 1. The molecule has 0 N–H and O–H groups in total. The van der Waals surface area contributed by atoms with Crippen LogP contribution in [0.15, 0.2) is 6.07 Å². The van der Waals surface area contributed by atoms with Gasteiger partial charge < -0.3 is 4.74 Å². The van der Waals surface area contributed by atoms with Crippen molar-refractivity contribution in [3.05, 3.63) is 15.5 Å². The largest absolute Gasteiger partial charge is 0.378 e. The maximum atomic E-state index is 5.41. The molecule has 4 atom stereocenters. The smallest absolute Gasteiger partial charge is 0.123 e. The van der Waals surface area contributed by atoms with Gasteiger partial charge in [0.15, 0.2) is 0 Å². The predicted molar refractivity (Wildman–Crippen MR) is 92.9 cm³/mol. The number of rotatable bonds is 3. The van der Waals surface area contributed by atoms with Crippen molar-refractivity contribution in [3.8, 4) is 0 Å². The van der Waals surface area contributed by atoms with Gasteiger partial charge in [0, 0.05) is 29.7 Å². The van der Waals surface area contributed by atoms with Crippen LogP contribution in [0.4, 0.5) is 0 Å². The third-order valence-corrected chi connectivity index (χ3v) is 7.14. The van der Waals surface area contributed by atoms with E-state index in [9.17, 15) is 0 Å². The third-order valence-electron chi connectivity index (χ3n) is 6.62. The van der Waals surface area contributed by atoms with Crippen LogP contribution in [0.25, 0.3) is 0 Å². The Morgan fingerprint density at radius 1 is 1.32 bits per heavy atom. The van der Waals surface area contributed by atoms with Gasteiger partial charge in [-0.3, -0.25) is 9.58 Å². The van der Waals surface area contributed by atoms with Crippen LogP contribution in [0.1, 0.15) is 50.8 Å². The van der Waals surface area contributed by atoms with Crippen molar-refractivity contribution in [3.63, 3.8) is 0 Å². The second kappa shape index (κ2) is 4.70. The van der Waals surface area contributed by atoms with Crippen LogP contribution in [0, 0.1) is 15.5 Å². The van der Waals surface area contributed by atoms with Gasteiger partial charge in [0.1, 0.15) is 3.70 Å². The quantitative estimate of drug-likeness (QED) is 0.714. The Morgan fingerprint density at radius 2 is 2.05 bits per heavy atom. The van der Waals surface area contributed by atoms with Crippen LogP contribution >= 0.6 is 22.6 Å². The fourth-order valence-electron chi connectivity index (χ4n) is 5.41. The predicted octanol–water partition coefficient (Wildman–Crippen LogP) is 3.04. The Kier molecular flexibility index (Phi) is 3.04. The van der Waals surface area contributed by atoms with E-state index in [1.807, 2.05) is 0 Å². The lowest BCUT2D eigenvalue weighted by Crippen LogP contribution is -2.67. The Hall–Kier alpha value is -0.140. The summed E-state index contributed by atoms with van der Waals surface area (Å²) in [5.41, 5.74) is 2.05. The first-order valence-electron chi connectivity index (χ1n) is 8.68. The lowest BCUT2D eigenvalue weighted by atomic mass is 9.77. The van der Waals surface area contributed by atoms with E-state index >= 15 is 0 Å². The fraction of sp³-hybridized carbons (Fsp3) is 0.824. The third kappa shape index (κ3) is 1.85. The molecule has 1 aromatic heterocycles. The van der Waals surface area contributed by atoms with Gasteiger partial charge in [-0.2, -0.15) is 5.10 Å². The molecule has 2 aliphatic heterocycles. The van der Waals surface area contributed by atoms with E-state index in [4.69, 9.17) is 9.84 Å². The topological polar surface area (TPSA) is 30.3 Å². The molecule has 5 rings (SSSR count). The van der Waals surface area contributed by atoms with Gasteiger partial charge in [0.2, 0.25) is 0 Å². The summed E-state index contributed by atoms with van der Waals surface area (Å²) < 4.78 is 8.84. The van der Waals surface area contributed by atoms with Crippen LogP contribution < -0.4 is 0 Å². The first kappa shape index (κ1) is 14.2. The second-order valence-electron chi connectivity index (χ2n) is 8.05. The molecular weight excluding hydrogens is 389 g/mol. The summed E-state index contributed by atoms with van der Waals surface area (Å²) in [6.45, 7) is 7.74. The Labute approximate surface area is 145 Å². The zero-order valence-corrected chi connectivity index (χ0v) is 15.5. The summed E-state index contributed by atoms with van der Waals surface area (Å²) in [6.07, 6.45) is 4.25. The monoisotopic (exact) mass is 413 g/mol. The van der Waals surface area contributed by atoms with E-state index in [2.05, 4.69) is 52.1 Å². The van der Waals surface area contributed by atoms with Gasteiger partial charge in [-0.25, -0.2) is 0 Å². The SMILES string of the molecule is CC(C)n1nc(I)cc1[C@H]1[C@@H]2C[C@@]3(CCN3C3COC3)C[C@@H]21. The zero-order valence-electron chi connectivity index (χ0n) is 13.3. The summed E-state index contributed by atoms with van der Waals surface area (Å²) in [7, 11) is 0. The molecule has 2 saturated carbocycles. The van der Waals surface area contributed by atoms with E-state index in [0.717, 1.165) is 40.7 Å². The molecule has 4 aliphatic rings. The molecular formula is C17H24IN3O. The maximum Gasteiger partial charge on any atom is 0.123 e. The molecule has 0 amide bonds. The average molecular weight is 413 g/mol. The molecule has 4 fully saturated rings. The van der Waals surface area contributed by atoms with Gasteiger partial charge in [0.05, 0.1) is 19.3 Å². The summed E-state index contributed by atoms with van der Waals surface area (Å²) in [6, 6.07) is 3.53. The van der Waals surface area contributed by atoms with E-state index < -0.39 is 0 Å². The van der Waals surface area contributed by atoms with Crippen LogP contribution in [0.2, 0.25) is 0 Å². The van der Waals surface area contributed by atoms with Gasteiger partial charge >= 0.3 is 0 Å². The van der Waals surface area contributed by atoms with E-state index in [1.54, 1.807) is 0 Å². The van der Waals surface area contributed by atoms with Crippen molar-refractivity contribution in [2.45, 2.75) is 56.7 Å². The standard InChI is InChI=1S/C17H24IN3O/c1-10(2)21-14(5-15(18)19-21)16-12-6-17(7-13(12)16)3-4-20(17)11-8-22-9-11/h5,10-13,16H,3-4,6-9H2,1-2H3/t12-,13+,16+,17+. The van der Waals surface area contributed by atoms with Crippen molar-refractivity contribution in [2.24, 2.45) is 11.8 Å². The Morgan fingerprint density at radius 3 is 2.55 bits per heavy atom. The molecule has 2 aliphatic carbocycles. The highest BCUT2D eigenvalue weighted by Crippen LogP contribution is 2.69. The highest BCUT2D eigenvalue weighted by atomic mass is 127. The van der Waals surface area contributed by atoms with E-state index in [-0.39, 0.29) is 0 Å². The molecule has 2 saturated heterocycles. The molecule has 4 nitrogen and oxygen atoms in total. The molecule has 0 radical (unpaired) electrons. The Balaban J connectivity index is 1.33. The minimum Gasteiger partial charge on any atom is -0.378 e. The number of ether oxygens (including phenoxy) is 1. The molecule has 1 spiro atoms. The van der Waals surface area contributed by atoms with Crippen LogP contribution in [0.5, 0.6) is 0 Å². The van der Waals surface area contributed by atoms with Crippen LogP contribution in [-0.2, 0) is 4.74 Å². The van der Waals surface area contributed by atoms with Crippen molar-refractivity contribution >= 4 is 22.6 Å². The van der Waals surface area contributed by atoms with Crippen LogP contribution in [-0.4, -0.2) is 46.0 Å². The zero-order chi connectivity index (χ0) is 15.1. The number of hydrogen-bond donors (Lipinski definition) is 0. The van der Waals surface area contributed by atoms with Crippen LogP contribution in [0.3, 0.4) is 0 Å². The number of halogens is 1.